The van der Waals surface area contributed by atoms with Crippen LogP contribution in [0.15, 0.2) is 18.3 Å². The Balaban J connectivity index is 2.45. The molecule has 0 radical (unpaired) electrons. The Kier molecular flexibility index (Phi) is 5.83. The van der Waals surface area contributed by atoms with E-state index in [0.717, 1.165) is 11.1 Å². The molecule has 1 saturated heterocycles. The summed E-state index contributed by atoms with van der Waals surface area (Å²) >= 11 is 5.68. The molecule has 1 aliphatic heterocycles. The van der Waals surface area contributed by atoms with Crippen molar-refractivity contribution in [1.82, 2.24) is 15.2 Å². The highest BCUT2D eigenvalue weighted by molar-refractivity contribution is 6.29. The minimum Gasteiger partial charge on any atom is -0.444 e. The van der Waals surface area contributed by atoms with Gasteiger partial charge in [-0.3, -0.25) is 4.90 Å². The molecule has 1 aliphatic rings. The van der Waals surface area contributed by atoms with Gasteiger partial charge in [0.05, 0.1) is 0 Å². The predicted molar refractivity (Wildman–Crippen MR) is 87.4 cm³/mol. The van der Waals surface area contributed by atoms with Gasteiger partial charge in [0.2, 0.25) is 0 Å². The molecule has 0 bridgehead atoms. The monoisotopic (exact) mass is 379 g/mol. The second-order valence-electron chi connectivity index (χ2n) is 6.89. The molecular weight excluding hydrogens is 359 g/mol. The van der Waals surface area contributed by atoms with Gasteiger partial charge in [-0.1, -0.05) is 17.7 Å². The van der Waals surface area contributed by atoms with E-state index >= 15 is 0 Å². The fourth-order valence-electron chi connectivity index (χ4n) is 2.71. The van der Waals surface area contributed by atoms with Crippen molar-refractivity contribution in [3.63, 3.8) is 0 Å². The summed E-state index contributed by atoms with van der Waals surface area (Å²) in [6, 6.07) is -0.280. The standard InChI is InChI=1S/C16H21ClF3N3O2/c1-15(2,3)25-14(24)23(11-6-7-21-9-11)13(16(18,19)20)10-4-5-12(17)22-8-10/h4-5,8,11,13,21H,6-7,9H2,1-3H3/t11?,13-/m0/s1. The Morgan fingerprint density at radius 3 is 2.52 bits per heavy atom. The molecule has 140 valence electrons. The average molecular weight is 380 g/mol. The minimum absolute atomic E-state index is 0.0797. The molecule has 1 amide bonds. The number of nitrogens with one attached hydrogen (secondary N) is 1. The van der Waals surface area contributed by atoms with E-state index < -0.39 is 30.0 Å². The highest BCUT2D eigenvalue weighted by Crippen LogP contribution is 2.40. The van der Waals surface area contributed by atoms with Gasteiger partial charge >= 0.3 is 12.3 Å². The minimum atomic E-state index is -4.69. The molecular formula is C16H21ClF3N3O2. The van der Waals surface area contributed by atoms with Gasteiger partial charge in [0.25, 0.3) is 0 Å². The van der Waals surface area contributed by atoms with Gasteiger partial charge in [-0.25, -0.2) is 9.78 Å². The first kappa shape index (κ1) is 19.8. The molecule has 1 aromatic rings. The number of carbonyl (C=O) groups is 1. The van der Waals surface area contributed by atoms with E-state index in [4.69, 9.17) is 16.3 Å². The van der Waals surface area contributed by atoms with Crippen molar-refractivity contribution < 1.29 is 22.7 Å². The normalized spacial score (nSPS) is 19.6. The Morgan fingerprint density at radius 1 is 1.40 bits per heavy atom. The summed E-state index contributed by atoms with van der Waals surface area (Å²) in [4.78, 5) is 17.1. The van der Waals surface area contributed by atoms with Crippen molar-refractivity contribution in [1.29, 1.82) is 0 Å². The number of alkyl halides is 3. The van der Waals surface area contributed by atoms with Crippen LogP contribution in [0.25, 0.3) is 0 Å². The van der Waals surface area contributed by atoms with Crippen molar-refractivity contribution in [3.05, 3.63) is 29.0 Å². The summed E-state index contributed by atoms with van der Waals surface area (Å²) in [6.45, 7) is 5.65. The van der Waals surface area contributed by atoms with Gasteiger partial charge in [-0.2, -0.15) is 13.2 Å². The third kappa shape index (κ3) is 5.22. The van der Waals surface area contributed by atoms with Gasteiger partial charge in [0.1, 0.15) is 10.8 Å². The number of nitrogens with zero attached hydrogens (tertiary/aromatic N) is 2. The van der Waals surface area contributed by atoms with Crippen molar-refractivity contribution >= 4 is 17.7 Å². The number of carbonyl (C=O) groups excluding carboxylic acids is 1. The van der Waals surface area contributed by atoms with E-state index in [1.807, 2.05) is 0 Å². The second kappa shape index (κ2) is 7.37. The molecule has 2 heterocycles. The Hall–Kier alpha value is -1.54. The lowest BCUT2D eigenvalue weighted by Gasteiger charge is -2.38. The van der Waals surface area contributed by atoms with Crippen LogP contribution < -0.4 is 5.32 Å². The van der Waals surface area contributed by atoms with Crippen LogP contribution in [0.5, 0.6) is 0 Å². The third-order valence-corrected chi connectivity index (χ3v) is 3.91. The fourth-order valence-corrected chi connectivity index (χ4v) is 2.82. The maximum Gasteiger partial charge on any atom is 0.413 e. The van der Waals surface area contributed by atoms with Gasteiger partial charge in [-0.05, 0) is 39.8 Å². The Labute approximate surface area is 149 Å². The highest BCUT2D eigenvalue weighted by Gasteiger charge is 2.50. The van der Waals surface area contributed by atoms with Crippen LogP contribution in [0.2, 0.25) is 5.15 Å². The smallest absolute Gasteiger partial charge is 0.413 e. The number of amides is 1. The van der Waals surface area contributed by atoms with Gasteiger partial charge in [0, 0.05) is 24.3 Å². The molecule has 1 unspecified atom stereocenters. The van der Waals surface area contributed by atoms with Crippen LogP contribution in [0, 0.1) is 0 Å². The van der Waals surface area contributed by atoms with Crippen molar-refractivity contribution in [3.8, 4) is 0 Å². The lowest BCUT2D eigenvalue weighted by atomic mass is 10.0. The molecule has 1 aromatic heterocycles. The molecule has 0 saturated carbocycles. The SMILES string of the molecule is CC(C)(C)OC(=O)N(C1CCNC1)[C@@H](c1ccc(Cl)nc1)C(F)(F)F. The van der Waals surface area contributed by atoms with Crippen molar-refractivity contribution in [2.75, 3.05) is 13.1 Å². The van der Waals surface area contributed by atoms with Crippen LogP contribution in [-0.2, 0) is 4.74 Å². The van der Waals surface area contributed by atoms with E-state index in [2.05, 4.69) is 10.3 Å². The zero-order valence-electron chi connectivity index (χ0n) is 14.2. The van der Waals surface area contributed by atoms with E-state index in [-0.39, 0.29) is 17.3 Å². The summed E-state index contributed by atoms with van der Waals surface area (Å²) in [6.07, 6.45) is -4.24. The van der Waals surface area contributed by atoms with Crippen molar-refractivity contribution in [2.45, 2.75) is 51.1 Å². The first-order valence-electron chi connectivity index (χ1n) is 7.89. The van der Waals surface area contributed by atoms with Crippen LogP contribution in [0.1, 0.15) is 38.8 Å². The number of pyridine rings is 1. The highest BCUT2D eigenvalue weighted by atomic mass is 35.5. The van der Waals surface area contributed by atoms with Crippen LogP contribution in [0.3, 0.4) is 0 Å². The molecule has 5 nitrogen and oxygen atoms in total. The number of aromatic nitrogens is 1. The summed E-state index contributed by atoms with van der Waals surface area (Å²) < 4.78 is 46.9. The largest absolute Gasteiger partial charge is 0.444 e. The molecule has 25 heavy (non-hydrogen) atoms. The number of hydrogen-bond donors (Lipinski definition) is 1. The first-order chi connectivity index (χ1) is 11.5. The van der Waals surface area contributed by atoms with Gasteiger partial charge in [0.15, 0.2) is 6.04 Å². The maximum atomic E-state index is 13.9. The van der Waals surface area contributed by atoms with E-state index in [9.17, 15) is 18.0 Å². The fraction of sp³-hybridized carbons (Fsp3) is 0.625. The molecule has 1 fully saturated rings. The Bertz CT molecular complexity index is 596. The zero-order valence-corrected chi connectivity index (χ0v) is 15.0. The predicted octanol–water partition coefficient (Wildman–Crippen LogP) is 3.94. The van der Waals surface area contributed by atoms with Gasteiger partial charge < -0.3 is 10.1 Å². The molecule has 0 aliphatic carbocycles. The number of rotatable bonds is 3. The summed E-state index contributed by atoms with van der Waals surface area (Å²) in [7, 11) is 0. The molecule has 0 spiro atoms. The molecule has 0 aromatic carbocycles. The van der Waals surface area contributed by atoms with Crippen LogP contribution in [-0.4, -0.2) is 46.9 Å². The molecule has 2 atom stereocenters. The second-order valence-corrected chi connectivity index (χ2v) is 7.28. The maximum absolute atomic E-state index is 13.9. The van der Waals surface area contributed by atoms with Gasteiger partial charge in [-0.15, -0.1) is 0 Å². The molecule has 1 N–H and O–H groups in total. The quantitative estimate of drug-likeness (QED) is 0.808. The number of hydrogen-bond acceptors (Lipinski definition) is 4. The summed E-state index contributed by atoms with van der Waals surface area (Å²) in [5, 5.41) is 3.06. The molecule has 9 heteroatoms. The number of ether oxygens (including phenoxy) is 1. The Morgan fingerprint density at radius 2 is 2.08 bits per heavy atom. The third-order valence-electron chi connectivity index (χ3n) is 3.69. The summed E-state index contributed by atoms with van der Waals surface area (Å²) in [5.74, 6) is 0. The van der Waals surface area contributed by atoms with E-state index in [1.165, 1.54) is 12.1 Å². The zero-order chi connectivity index (χ0) is 18.8. The van der Waals surface area contributed by atoms with E-state index in [1.54, 1.807) is 20.8 Å². The van der Waals surface area contributed by atoms with Crippen molar-refractivity contribution in [2.24, 2.45) is 0 Å². The van der Waals surface area contributed by atoms with Crippen LogP contribution >= 0.6 is 11.6 Å². The topological polar surface area (TPSA) is 54.5 Å². The first-order valence-corrected chi connectivity index (χ1v) is 8.27. The average Bonchev–Trinajstić information content (AvgIpc) is 2.96. The van der Waals surface area contributed by atoms with Crippen LogP contribution in [0.4, 0.5) is 18.0 Å². The lowest BCUT2D eigenvalue weighted by Crippen LogP contribution is -2.50. The number of halogens is 4. The summed E-state index contributed by atoms with van der Waals surface area (Å²) in [5.41, 5.74) is -1.06. The van der Waals surface area contributed by atoms with E-state index in [0.29, 0.717) is 13.0 Å². The lowest BCUT2D eigenvalue weighted by molar-refractivity contribution is -0.188. The molecule has 2 rings (SSSR count).